The van der Waals surface area contributed by atoms with Gasteiger partial charge in [0.1, 0.15) is 18.1 Å². The maximum atomic E-state index is 13.1. The lowest BCUT2D eigenvalue weighted by Crippen LogP contribution is -2.14. The van der Waals surface area contributed by atoms with E-state index in [0.717, 1.165) is 6.07 Å². The van der Waals surface area contributed by atoms with Crippen LogP contribution < -0.4 is 5.32 Å². The van der Waals surface area contributed by atoms with Crippen LogP contribution in [0.4, 0.5) is 18.9 Å². The predicted molar refractivity (Wildman–Crippen MR) is 48.2 cm³/mol. The van der Waals surface area contributed by atoms with E-state index in [4.69, 9.17) is 4.74 Å². The summed E-state index contributed by atoms with van der Waals surface area (Å²) in [6.07, 6.45) is 0. The number of benzene rings is 1. The number of amidine groups is 1. The lowest BCUT2D eigenvalue weighted by Gasteiger charge is -2.07. The Morgan fingerprint density at radius 1 is 1.20 bits per heavy atom. The first-order valence-electron chi connectivity index (χ1n) is 4.26. The van der Waals surface area contributed by atoms with Crippen LogP contribution in [0, 0.1) is 17.5 Å². The molecule has 6 heteroatoms. The molecular weight excluding hydrogens is 209 g/mol. The van der Waals surface area contributed by atoms with Gasteiger partial charge in [0.15, 0.2) is 11.6 Å². The van der Waals surface area contributed by atoms with Gasteiger partial charge >= 0.3 is 0 Å². The Morgan fingerprint density at radius 2 is 1.93 bits per heavy atom. The van der Waals surface area contributed by atoms with Crippen LogP contribution in [0.25, 0.3) is 0 Å². The molecule has 0 aromatic heterocycles. The maximum Gasteiger partial charge on any atom is 0.289 e. The fourth-order valence-corrected chi connectivity index (χ4v) is 1.16. The number of ether oxygens (including phenoxy) is 1. The van der Waals surface area contributed by atoms with Gasteiger partial charge in [0.2, 0.25) is 0 Å². The number of hydrogen-bond acceptors (Lipinski definition) is 3. The van der Waals surface area contributed by atoms with Crippen molar-refractivity contribution in [1.82, 2.24) is 0 Å². The molecule has 0 spiro atoms. The fraction of sp³-hybridized carbons (Fsp3) is 0.222. The van der Waals surface area contributed by atoms with Crippen molar-refractivity contribution in [2.45, 2.75) is 0 Å². The third-order valence-corrected chi connectivity index (χ3v) is 1.86. The summed E-state index contributed by atoms with van der Waals surface area (Å²) < 4.78 is 43.9. The summed E-state index contributed by atoms with van der Waals surface area (Å²) in [7, 11) is 0. The SMILES string of the molecule is Fc1ccc(F)c(NC2=NCCO2)c1F. The molecule has 80 valence electrons. The van der Waals surface area contributed by atoms with Gasteiger partial charge in [0.05, 0.1) is 6.54 Å². The molecule has 2 rings (SSSR count). The number of nitrogens with zero attached hydrogens (tertiary/aromatic N) is 1. The topological polar surface area (TPSA) is 33.6 Å². The van der Waals surface area contributed by atoms with Gasteiger partial charge < -0.3 is 10.1 Å². The molecular formula is C9H7F3N2O. The predicted octanol–water partition coefficient (Wildman–Crippen LogP) is 1.90. The molecule has 1 aromatic carbocycles. The first-order valence-corrected chi connectivity index (χ1v) is 4.26. The number of rotatable bonds is 1. The quantitative estimate of drug-likeness (QED) is 0.727. The molecule has 0 unspecified atom stereocenters. The molecule has 1 aromatic rings. The second kappa shape index (κ2) is 3.80. The first kappa shape index (κ1) is 9.82. The van der Waals surface area contributed by atoms with E-state index < -0.39 is 23.1 Å². The van der Waals surface area contributed by atoms with Gasteiger partial charge in [0, 0.05) is 0 Å². The second-order valence-corrected chi connectivity index (χ2v) is 2.88. The highest BCUT2D eigenvalue weighted by Gasteiger charge is 2.17. The third-order valence-electron chi connectivity index (χ3n) is 1.86. The minimum Gasteiger partial charge on any atom is -0.463 e. The number of hydrogen-bond donors (Lipinski definition) is 1. The summed E-state index contributed by atoms with van der Waals surface area (Å²) in [6.45, 7) is 0.766. The van der Waals surface area contributed by atoms with Crippen molar-refractivity contribution < 1.29 is 17.9 Å². The monoisotopic (exact) mass is 216 g/mol. The van der Waals surface area contributed by atoms with Crippen LogP contribution >= 0.6 is 0 Å². The Bertz CT molecular complexity index is 420. The Hall–Kier alpha value is -1.72. The molecule has 1 aliphatic heterocycles. The van der Waals surface area contributed by atoms with Gasteiger partial charge in [-0.3, -0.25) is 0 Å². The lowest BCUT2D eigenvalue weighted by atomic mass is 10.3. The summed E-state index contributed by atoms with van der Waals surface area (Å²) >= 11 is 0. The summed E-state index contributed by atoms with van der Waals surface area (Å²) in [5.74, 6) is -3.31. The molecule has 0 saturated carbocycles. The number of halogens is 3. The van der Waals surface area contributed by atoms with Crippen molar-refractivity contribution in [3.05, 3.63) is 29.6 Å². The Kier molecular flexibility index (Phi) is 2.49. The summed E-state index contributed by atoms with van der Waals surface area (Å²) in [4.78, 5) is 3.77. The van der Waals surface area contributed by atoms with Crippen molar-refractivity contribution in [3.8, 4) is 0 Å². The normalized spacial score (nSPS) is 14.7. The zero-order valence-corrected chi connectivity index (χ0v) is 7.56. The summed E-state index contributed by atoms with van der Waals surface area (Å²) in [6, 6.07) is 1.54. The number of anilines is 1. The Morgan fingerprint density at radius 3 is 2.60 bits per heavy atom. The highest BCUT2D eigenvalue weighted by Crippen LogP contribution is 2.21. The molecule has 0 radical (unpaired) electrons. The maximum absolute atomic E-state index is 13.1. The molecule has 0 amide bonds. The standard InChI is InChI=1S/C9H7F3N2O/c10-5-1-2-6(11)8(7(5)12)14-9-13-3-4-15-9/h1-2H,3-4H2,(H,13,14). The average molecular weight is 216 g/mol. The molecule has 15 heavy (non-hydrogen) atoms. The van der Waals surface area contributed by atoms with Crippen LogP contribution in [-0.2, 0) is 4.74 Å². The van der Waals surface area contributed by atoms with Gasteiger partial charge in [-0.05, 0) is 12.1 Å². The fourth-order valence-electron chi connectivity index (χ4n) is 1.16. The zero-order chi connectivity index (χ0) is 10.8. The minimum absolute atomic E-state index is 0.00148. The molecule has 0 fully saturated rings. The molecule has 0 aliphatic carbocycles. The van der Waals surface area contributed by atoms with Crippen molar-refractivity contribution >= 4 is 11.7 Å². The van der Waals surface area contributed by atoms with Gasteiger partial charge in [-0.1, -0.05) is 0 Å². The zero-order valence-electron chi connectivity index (χ0n) is 7.56. The number of nitrogens with one attached hydrogen (secondary N) is 1. The van der Waals surface area contributed by atoms with E-state index in [2.05, 4.69) is 10.3 Å². The Balaban J connectivity index is 2.30. The van der Waals surface area contributed by atoms with E-state index in [9.17, 15) is 13.2 Å². The van der Waals surface area contributed by atoms with Crippen LogP contribution in [0.1, 0.15) is 0 Å². The highest BCUT2D eigenvalue weighted by atomic mass is 19.2. The molecule has 3 nitrogen and oxygen atoms in total. The third kappa shape index (κ3) is 1.88. The Labute approximate surface area is 83.6 Å². The van der Waals surface area contributed by atoms with E-state index in [1.807, 2.05) is 0 Å². The highest BCUT2D eigenvalue weighted by molar-refractivity contribution is 5.90. The summed E-state index contributed by atoms with van der Waals surface area (Å²) in [5.41, 5.74) is -0.587. The van der Waals surface area contributed by atoms with Crippen molar-refractivity contribution in [2.75, 3.05) is 18.5 Å². The van der Waals surface area contributed by atoms with Crippen LogP contribution in [-0.4, -0.2) is 19.2 Å². The minimum atomic E-state index is -1.28. The first-order chi connectivity index (χ1) is 7.18. The van der Waals surface area contributed by atoms with E-state index in [1.165, 1.54) is 0 Å². The second-order valence-electron chi connectivity index (χ2n) is 2.88. The van der Waals surface area contributed by atoms with E-state index in [0.29, 0.717) is 19.2 Å². The van der Waals surface area contributed by atoms with Gasteiger partial charge in [-0.25, -0.2) is 18.2 Å². The van der Waals surface area contributed by atoms with Gasteiger partial charge in [-0.2, -0.15) is 0 Å². The molecule has 1 aliphatic rings. The van der Waals surface area contributed by atoms with Crippen LogP contribution in [0.3, 0.4) is 0 Å². The van der Waals surface area contributed by atoms with Crippen molar-refractivity contribution in [1.29, 1.82) is 0 Å². The smallest absolute Gasteiger partial charge is 0.289 e. The largest absolute Gasteiger partial charge is 0.463 e. The van der Waals surface area contributed by atoms with Crippen LogP contribution in [0.5, 0.6) is 0 Å². The van der Waals surface area contributed by atoms with Crippen molar-refractivity contribution in [3.63, 3.8) is 0 Å². The summed E-state index contributed by atoms with van der Waals surface area (Å²) in [5, 5.41) is 2.26. The molecule has 0 saturated heterocycles. The molecule has 0 bridgehead atoms. The van der Waals surface area contributed by atoms with Gasteiger partial charge in [0.25, 0.3) is 6.02 Å². The van der Waals surface area contributed by atoms with Crippen LogP contribution in [0.2, 0.25) is 0 Å². The van der Waals surface area contributed by atoms with E-state index >= 15 is 0 Å². The molecule has 1 N–H and O–H groups in total. The van der Waals surface area contributed by atoms with Crippen molar-refractivity contribution in [2.24, 2.45) is 4.99 Å². The molecule has 1 heterocycles. The van der Waals surface area contributed by atoms with Crippen LogP contribution in [0.15, 0.2) is 17.1 Å². The number of aliphatic imine (C=N–C) groups is 1. The van der Waals surface area contributed by atoms with Gasteiger partial charge in [-0.15, -0.1) is 0 Å². The van der Waals surface area contributed by atoms with E-state index in [1.54, 1.807) is 0 Å². The lowest BCUT2D eigenvalue weighted by molar-refractivity contribution is 0.346. The van der Waals surface area contributed by atoms with E-state index in [-0.39, 0.29) is 6.02 Å². The average Bonchev–Trinajstić information content (AvgIpc) is 2.71. The molecule has 0 atom stereocenters.